The Hall–Kier alpha value is -0.810. The van der Waals surface area contributed by atoms with Crippen molar-refractivity contribution in [1.82, 2.24) is 0 Å². The van der Waals surface area contributed by atoms with E-state index in [2.05, 4.69) is 19.2 Å². The van der Waals surface area contributed by atoms with Crippen molar-refractivity contribution in [3.05, 3.63) is 29.3 Å². The molecule has 0 spiro atoms. The van der Waals surface area contributed by atoms with Crippen molar-refractivity contribution < 1.29 is 19.9 Å². The zero-order chi connectivity index (χ0) is 14.1. The first-order valence-corrected chi connectivity index (χ1v) is 6.93. The van der Waals surface area contributed by atoms with Crippen LogP contribution in [-0.2, 0) is 4.74 Å². The summed E-state index contributed by atoms with van der Waals surface area (Å²) in [6, 6.07) is 7.68. The second-order valence-corrected chi connectivity index (χ2v) is 5.18. The SMILES string of the molecule is CC(C)[NH2+]CC(O)COCCOc1ccc(Cl)cc1. The second kappa shape index (κ2) is 9.15. The molecule has 5 heteroatoms. The summed E-state index contributed by atoms with van der Waals surface area (Å²) in [5.74, 6) is 0.765. The summed E-state index contributed by atoms with van der Waals surface area (Å²) in [6.45, 7) is 6.10. The maximum absolute atomic E-state index is 9.63. The molecule has 0 amide bonds. The van der Waals surface area contributed by atoms with Crippen LogP contribution in [0, 0.1) is 0 Å². The van der Waals surface area contributed by atoms with E-state index in [0.717, 1.165) is 5.75 Å². The molecular weight excluding hydrogens is 266 g/mol. The molecule has 0 heterocycles. The highest BCUT2D eigenvalue weighted by atomic mass is 35.5. The zero-order valence-electron chi connectivity index (χ0n) is 11.5. The van der Waals surface area contributed by atoms with Crippen LogP contribution in [0.15, 0.2) is 24.3 Å². The second-order valence-electron chi connectivity index (χ2n) is 4.75. The molecule has 0 fully saturated rings. The number of aliphatic hydroxyl groups excluding tert-OH is 1. The fourth-order valence-corrected chi connectivity index (χ4v) is 1.59. The third kappa shape index (κ3) is 8.06. The highest BCUT2D eigenvalue weighted by Gasteiger charge is 2.07. The van der Waals surface area contributed by atoms with Crippen molar-refractivity contribution in [2.24, 2.45) is 0 Å². The average Bonchev–Trinajstić information content (AvgIpc) is 2.38. The van der Waals surface area contributed by atoms with Gasteiger partial charge in [0.2, 0.25) is 0 Å². The largest absolute Gasteiger partial charge is 0.491 e. The molecule has 0 radical (unpaired) electrons. The quantitative estimate of drug-likeness (QED) is 0.668. The number of aliphatic hydroxyl groups is 1. The molecule has 3 N–H and O–H groups in total. The van der Waals surface area contributed by atoms with Gasteiger partial charge in [-0.15, -0.1) is 0 Å². The Balaban J connectivity index is 2.03. The van der Waals surface area contributed by atoms with Crippen LogP contribution in [0.4, 0.5) is 0 Å². The summed E-state index contributed by atoms with van der Waals surface area (Å²) >= 11 is 5.77. The molecule has 0 saturated heterocycles. The minimum Gasteiger partial charge on any atom is -0.491 e. The van der Waals surface area contributed by atoms with E-state index >= 15 is 0 Å². The summed E-state index contributed by atoms with van der Waals surface area (Å²) in [5, 5.41) is 12.4. The normalized spacial score (nSPS) is 12.7. The maximum atomic E-state index is 9.63. The summed E-state index contributed by atoms with van der Waals surface area (Å²) in [4.78, 5) is 0. The highest BCUT2D eigenvalue weighted by molar-refractivity contribution is 6.30. The number of nitrogens with two attached hydrogens (primary N) is 1. The molecule has 0 aromatic heterocycles. The third-order valence-electron chi connectivity index (χ3n) is 2.50. The molecule has 0 aliphatic carbocycles. The lowest BCUT2D eigenvalue weighted by Gasteiger charge is -2.12. The molecular formula is C14H23ClNO3+. The molecule has 1 atom stereocenters. The van der Waals surface area contributed by atoms with Crippen LogP contribution in [0.1, 0.15) is 13.8 Å². The summed E-state index contributed by atoms with van der Waals surface area (Å²) in [6.07, 6.45) is -0.432. The standard InChI is InChI=1S/C14H22ClNO3/c1-11(2)16-9-13(17)10-18-7-8-19-14-5-3-12(15)4-6-14/h3-6,11,13,16-17H,7-10H2,1-2H3/p+1. The van der Waals surface area contributed by atoms with E-state index in [1.165, 1.54) is 0 Å². The van der Waals surface area contributed by atoms with Gasteiger partial charge in [0.1, 0.15) is 25.0 Å². The first-order chi connectivity index (χ1) is 9.08. The van der Waals surface area contributed by atoms with Gasteiger partial charge in [-0.3, -0.25) is 0 Å². The molecule has 0 aliphatic heterocycles. The smallest absolute Gasteiger partial charge is 0.126 e. The number of halogens is 1. The lowest BCUT2D eigenvalue weighted by Crippen LogP contribution is -2.90. The van der Waals surface area contributed by atoms with Crippen LogP contribution < -0.4 is 10.1 Å². The highest BCUT2D eigenvalue weighted by Crippen LogP contribution is 2.15. The van der Waals surface area contributed by atoms with E-state index in [1.807, 2.05) is 12.1 Å². The van der Waals surface area contributed by atoms with Gasteiger partial charge >= 0.3 is 0 Å². The lowest BCUT2D eigenvalue weighted by atomic mass is 10.3. The van der Waals surface area contributed by atoms with Gasteiger partial charge in [0, 0.05) is 5.02 Å². The molecule has 1 aromatic carbocycles. The van der Waals surface area contributed by atoms with Gasteiger partial charge in [0.15, 0.2) is 0 Å². The molecule has 0 aliphatic rings. The van der Waals surface area contributed by atoms with Gasteiger partial charge in [0.25, 0.3) is 0 Å². The Morgan fingerprint density at radius 2 is 1.89 bits per heavy atom. The number of ether oxygens (including phenoxy) is 2. The van der Waals surface area contributed by atoms with Crippen molar-refractivity contribution in [3.8, 4) is 5.75 Å². The van der Waals surface area contributed by atoms with E-state index in [9.17, 15) is 5.11 Å². The maximum Gasteiger partial charge on any atom is 0.126 e. The molecule has 0 saturated carbocycles. The molecule has 1 aromatic rings. The van der Waals surface area contributed by atoms with E-state index in [1.54, 1.807) is 12.1 Å². The average molecular weight is 289 g/mol. The Morgan fingerprint density at radius 1 is 1.21 bits per heavy atom. The number of benzene rings is 1. The van der Waals surface area contributed by atoms with Crippen molar-refractivity contribution in [2.75, 3.05) is 26.4 Å². The van der Waals surface area contributed by atoms with Crippen LogP contribution in [-0.4, -0.2) is 43.6 Å². The van der Waals surface area contributed by atoms with Gasteiger partial charge in [-0.1, -0.05) is 11.6 Å². The van der Waals surface area contributed by atoms with Gasteiger partial charge in [0.05, 0.1) is 19.3 Å². The summed E-state index contributed by atoms with van der Waals surface area (Å²) in [7, 11) is 0. The van der Waals surface area contributed by atoms with Gasteiger partial charge < -0.3 is 19.9 Å². The van der Waals surface area contributed by atoms with Crippen LogP contribution in [0.5, 0.6) is 5.75 Å². The lowest BCUT2D eigenvalue weighted by molar-refractivity contribution is -0.688. The number of quaternary nitrogens is 1. The summed E-state index contributed by atoms with van der Waals surface area (Å²) < 4.78 is 10.8. The van der Waals surface area contributed by atoms with E-state index in [4.69, 9.17) is 21.1 Å². The van der Waals surface area contributed by atoms with Crippen LogP contribution in [0.3, 0.4) is 0 Å². The van der Waals surface area contributed by atoms with Crippen molar-refractivity contribution in [2.45, 2.75) is 26.0 Å². The Morgan fingerprint density at radius 3 is 2.53 bits per heavy atom. The predicted molar refractivity (Wildman–Crippen MR) is 75.7 cm³/mol. The Bertz CT molecular complexity index is 343. The van der Waals surface area contributed by atoms with Crippen LogP contribution >= 0.6 is 11.6 Å². The fraction of sp³-hybridized carbons (Fsp3) is 0.571. The number of hydrogen-bond acceptors (Lipinski definition) is 3. The first kappa shape index (κ1) is 16.2. The predicted octanol–water partition coefficient (Wildman–Crippen LogP) is 1.07. The van der Waals surface area contributed by atoms with Crippen LogP contribution in [0.25, 0.3) is 0 Å². The minimum atomic E-state index is -0.432. The minimum absolute atomic E-state index is 0.340. The fourth-order valence-electron chi connectivity index (χ4n) is 1.47. The zero-order valence-corrected chi connectivity index (χ0v) is 12.3. The molecule has 1 unspecified atom stereocenters. The summed E-state index contributed by atoms with van der Waals surface area (Å²) in [5.41, 5.74) is 0. The number of rotatable bonds is 9. The van der Waals surface area contributed by atoms with Gasteiger partial charge in [-0.25, -0.2) is 0 Å². The Kier molecular flexibility index (Phi) is 7.82. The topological polar surface area (TPSA) is 55.3 Å². The molecule has 108 valence electrons. The van der Waals surface area contributed by atoms with Crippen molar-refractivity contribution in [3.63, 3.8) is 0 Å². The number of hydrogen-bond donors (Lipinski definition) is 2. The van der Waals surface area contributed by atoms with E-state index < -0.39 is 6.10 Å². The molecule has 0 bridgehead atoms. The third-order valence-corrected chi connectivity index (χ3v) is 2.75. The van der Waals surface area contributed by atoms with Crippen molar-refractivity contribution >= 4 is 11.6 Å². The Labute approximate surface area is 119 Å². The van der Waals surface area contributed by atoms with E-state index in [0.29, 0.717) is 37.4 Å². The first-order valence-electron chi connectivity index (χ1n) is 6.55. The molecule has 4 nitrogen and oxygen atoms in total. The van der Waals surface area contributed by atoms with Gasteiger partial charge in [-0.05, 0) is 38.1 Å². The van der Waals surface area contributed by atoms with E-state index in [-0.39, 0.29) is 0 Å². The molecule has 1 rings (SSSR count). The van der Waals surface area contributed by atoms with Gasteiger partial charge in [-0.2, -0.15) is 0 Å². The van der Waals surface area contributed by atoms with Crippen LogP contribution in [0.2, 0.25) is 5.02 Å². The van der Waals surface area contributed by atoms with Crippen molar-refractivity contribution in [1.29, 1.82) is 0 Å². The molecule has 19 heavy (non-hydrogen) atoms. The monoisotopic (exact) mass is 288 g/mol.